The van der Waals surface area contributed by atoms with Gasteiger partial charge in [-0.2, -0.15) is 16.8 Å². The van der Waals surface area contributed by atoms with Crippen LogP contribution in [0.1, 0.15) is 11.1 Å². The van der Waals surface area contributed by atoms with E-state index in [-0.39, 0.29) is 34.8 Å². The van der Waals surface area contributed by atoms with E-state index in [9.17, 15) is 16.8 Å². The topological polar surface area (TPSA) is 86.7 Å². The minimum absolute atomic E-state index is 0.0124. The molecule has 0 radical (unpaired) electrons. The van der Waals surface area contributed by atoms with Gasteiger partial charge in [0.05, 0.1) is 23.0 Å². The van der Waals surface area contributed by atoms with Crippen molar-refractivity contribution in [2.24, 2.45) is 59.2 Å². The van der Waals surface area contributed by atoms with Crippen molar-refractivity contribution < 1.29 is 25.2 Å². The van der Waals surface area contributed by atoms with Gasteiger partial charge < -0.3 is 0 Å². The summed E-state index contributed by atoms with van der Waals surface area (Å²) in [4.78, 5) is 0.318. The Bertz CT molecular complexity index is 1240. The Balaban J connectivity index is 1.11. The molecule has 8 heteroatoms. The van der Waals surface area contributed by atoms with Crippen LogP contribution in [0.2, 0.25) is 0 Å². The van der Waals surface area contributed by atoms with Crippen LogP contribution in [0.4, 0.5) is 0 Å². The van der Waals surface area contributed by atoms with Crippen LogP contribution in [-0.4, -0.2) is 30.0 Å². The summed E-state index contributed by atoms with van der Waals surface area (Å²) in [5.41, 5.74) is 1.97. The maximum Gasteiger partial charge on any atom is 0.296 e. The molecule has 2 aromatic carbocycles. The number of rotatable bonds is 8. The largest absolute Gasteiger partial charge is 0.296 e. The Labute approximate surface area is 200 Å². The van der Waals surface area contributed by atoms with Crippen molar-refractivity contribution in [3.63, 3.8) is 0 Å². The maximum atomic E-state index is 12.8. The predicted octanol–water partition coefficient (Wildman–Crippen LogP) is 3.64. The molecule has 6 aliphatic rings. The lowest BCUT2D eigenvalue weighted by Gasteiger charge is -2.95. The number of hydrogen-bond donors (Lipinski definition) is 0. The lowest BCUT2D eigenvalue weighted by molar-refractivity contribution is -0.487. The minimum Gasteiger partial charge on any atom is -0.266 e. The lowest BCUT2D eigenvalue weighted by atomic mass is 9.09. The Morgan fingerprint density at radius 2 is 0.824 bits per heavy atom. The zero-order valence-corrected chi connectivity index (χ0v) is 20.7. The minimum atomic E-state index is -3.87. The van der Waals surface area contributed by atoms with Gasteiger partial charge in [0, 0.05) is 0 Å². The zero-order chi connectivity index (χ0) is 23.6. The first-order chi connectivity index (χ1) is 16.2. The Morgan fingerprint density at radius 1 is 0.529 bits per heavy atom. The van der Waals surface area contributed by atoms with Crippen LogP contribution in [-0.2, 0) is 28.6 Å². The van der Waals surface area contributed by atoms with Crippen molar-refractivity contribution in [1.82, 2.24) is 0 Å². The summed E-state index contributed by atoms with van der Waals surface area (Å²) in [6.07, 6.45) is 0. The summed E-state index contributed by atoms with van der Waals surface area (Å²) in [5.74, 6) is 5.33. The summed E-state index contributed by atoms with van der Waals surface area (Å²) < 4.78 is 62.6. The van der Waals surface area contributed by atoms with E-state index in [1.165, 1.54) is 0 Å². The fourth-order valence-corrected chi connectivity index (χ4v) is 10.5. The Morgan fingerprint density at radius 3 is 1.15 bits per heavy atom. The van der Waals surface area contributed by atoms with Crippen molar-refractivity contribution >= 4 is 20.2 Å². The van der Waals surface area contributed by atoms with Crippen LogP contribution in [0, 0.1) is 73.0 Å². The SMILES string of the molecule is Cc1ccc(S(=O)(=O)OCC2C(COS(=O)(=O)c3ccc(C)cc3)C3C4C5C2C2C3C4C52)cc1. The first-order valence-electron chi connectivity index (χ1n) is 12.1. The average Bonchev–Trinajstić information content (AvgIpc) is 2.78. The van der Waals surface area contributed by atoms with Crippen molar-refractivity contribution in [1.29, 1.82) is 0 Å². The monoisotopic (exact) mass is 500 g/mol. The van der Waals surface area contributed by atoms with Crippen LogP contribution < -0.4 is 0 Å². The highest BCUT2D eigenvalue weighted by Crippen LogP contribution is 2.93. The van der Waals surface area contributed by atoms with E-state index in [4.69, 9.17) is 8.37 Å². The summed E-state index contributed by atoms with van der Waals surface area (Å²) >= 11 is 0. The number of fused-ring (bicyclic) bond motifs is 1. The molecule has 2 bridgehead atoms. The normalized spacial score (nSPS) is 40.4. The Kier molecular flexibility index (Phi) is 4.39. The molecule has 2 aromatic rings. The Hall–Kier alpha value is -1.74. The second-order valence-corrected chi connectivity index (χ2v) is 14.3. The van der Waals surface area contributed by atoms with Crippen LogP contribution >= 0.6 is 0 Å². The van der Waals surface area contributed by atoms with E-state index in [1.54, 1.807) is 48.5 Å². The molecule has 0 N–H and O–H groups in total. The maximum absolute atomic E-state index is 12.8. The quantitative estimate of drug-likeness (QED) is 0.515. The van der Waals surface area contributed by atoms with Gasteiger partial charge in [-0.25, -0.2) is 0 Å². The van der Waals surface area contributed by atoms with Crippen molar-refractivity contribution in [3.8, 4) is 0 Å². The fraction of sp³-hybridized carbons (Fsp3) is 0.538. The molecule has 6 unspecified atom stereocenters. The number of hydrogen-bond acceptors (Lipinski definition) is 6. The number of aryl methyl sites for hydroxylation is 2. The molecule has 6 atom stereocenters. The third-order valence-corrected chi connectivity index (χ3v) is 12.5. The lowest BCUT2D eigenvalue weighted by Crippen LogP contribution is -2.92. The molecule has 34 heavy (non-hydrogen) atoms. The van der Waals surface area contributed by atoms with E-state index in [2.05, 4.69) is 0 Å². The van der Waals surface area contributed by atoms with Gasteiger partial charge in [0.15, 0.2) is 0 Å². The number of benzene rings is 2. The zero-order valence-electron chi connectivity index (χ0n) is 19.1. The molecule has 6 nitrogen and oxygen atoms in total. The van der Waals surface area contributed by atoms with Gasteiger partial charge in [-0.3, -0.25) is 8.37 Å². The van der Waals surface area contributed by atoms with Gasteiger partial charge >= 0.3 is 0 Å². The van der Waals surface area contributed by atoms with Gasteiger partial charge in [0.1, 0.15) is 0 Å². The second kappa shape index (κ2) is 6.93. The van der Waals surface area contributed by atoms with E-state index in [1.807, 2.05) is 13.8 Å². The van der Waals surface area contributed by atoms with Gasteiger partial charge in [-0.05, 0) is 97.3 Å². The second-order valence-electron chi connectivity index (χ2n) is 11.0. The van der Waals surface area contributed by atoms with E-state index in [0.717, 1.165) is 23.0 Å². The summed E-state index contributed by atoms with van der Waals surface area (Å²) in [5, 5.41) is 0. The molecule has 6 aliphatic carbocycles. The fourth-order valence-electron chi connectivity index (χ4n) is 8.61. The smallest absolute Gasteiger partial charge is 0.266 e. The molecule has 6 fully saturated rings. The van der Waals surface area contributed by atoms with Crippen molar-refractivity contribution in [2.75, 3.05) is 13.2 Å². The molecular formula is C26H28O6S2. The predicted molar refractivity (Wildman–Crippen MR) is 124 cm³/mol. The van der Waals surface area contributed by atoms with Crippen LogP contribution in [0.15, 0.2) is 58.3 Å². The van der Waals surface area contributed by atoms with Crippen LogP contribution in [0.25, 0.3) is 0 Å². The highest BCUT2D eigenvalue weighted by atomic mass is 32.2. The molecule has 0 aliphatic heterocycles. The first kappa shape index (κ1) is 21.5. The molecule has 180 valence electrons. The third-order valence-electron chi connectivity index (χ3n) is 9.88. The van der Waals surface area contributed by atoms with Crippen LogP contribution in [0.3, 0.4) is 0 Å². The standard InChI is InChI=1S/C26H28O6S2/c1-13-3-7-15(8-4-13)33(27,28)31-11-17-18(12-32-34(29,30)16-9-5-14(2)6-10-16)20-23-21-19(17)22-24(20)26(23)25(21)22/h3-10,17-26H,11-12H2,1-2H3. The molecule has 8 rings (SSSR count). The third kappa shape index (κ3) is 2.68. The first-order valence-corrected chi connectivity index (χ1v) is 14.9. The highest BCUT2D eigenvalue weighted by molar-refractivity contribution is 7.87. The van der Waals surface area contributed by atoms with Gasteiger partial charge in [0.25, 0.3) is 20.2 Å². The summed E-state index contributed by atoms with van der Waals surface area (Å²) in [6, 6.07) is 13.3. The highest BCUT2D eigenvalue weighted by Gasteiger charge is 2.90. The van der Waals surface area contributed by atoms with E-state index in [0.29, 0.717) is 35.5 Å². The molecule has 0 heterocycles. The molecular weight excluding hydrogens is 472 g/mol. The summed E-state index contributed by atoms with van der Waals surface area (Å²) in [7, 11) is -7.73. The van der Waals surface area contributed by atoms with Gasteiger partial charge in [-0.1, -0.05) is 35.4 Å². The van der Waals surface area contributed by atoms with Crippen LogP contribution in [0.5, 0.6) is 0 Å². The molecule has 0 amide bonds. The van der Waals surface area contributed by atoms with E-state index >= 15 is 0 Å². The molecule has 6 saturated carbocycles. The average molecular weight is 501 g/mol. The molecule has 0 aromatic heterocycles. The van der Waals surface area contributed by atoms with Gasteiger partial charge in [0.2, 0.25) is 0 Å². The van der Waals surface area contributed by atoms with Gasteiger partial charge in [-0.15, -0.1) is 0 Å². The van der Waals surface area contributed by atoms with Crippen molar-refractivity contribution in [2.45, 2.75) is 23.6 Å². The van der Waals surface area contributed by atoms with Crippen molar-refractivity contribution in [3.05, 3.63) is 59.7 Å². The molecule has 0 saturated heterocycles. The summed E-state index contributed by atoms with van der Waals surface area (Å²) in [6.45, 7) is 4.01. The van der Waals surface area contributed by atoms with E-state index < -0.39 is 20.2 Å². The molecule has 0 spiro atoms.